The SMILES string of the molecule is CN=C(NCCNC(=O)Cc1ccc(F)cc1)N1CCC(C)(C)C1. The van der Waals surface area contributed by atoms with Crippen molar-refractivity contribution >= 4 is 11.9 Å². The van der Waals surface area contributed by atoms with Crippen molar-refractivity contribution in [1.82, 2.24) is 15.5 Å². The van der Waals surface area contributed by atoms with Crippen LogP contribution in [0, 0.1) is 11.2 Å². The molecule has 2 rings (SSSR count). The minimum absolute atomic E-state index is 0.0688. The highest BCUT2D eigenvalue weighted by Crippen LogP contribution is 2.28. The minimum Gasteiger partial charge on any atom is -0.354 e. The fourth-order valence-electron chi connectivity index (χ4n) is 2.85. The van der Waals surface area contributed by atoms with Crippen molar-refractivity contribution in [2.75, 3.05) is 33.2 Å². The van der Waals surface area contributed by atoms with E-state index in [4.69, 9.17) is 0 Å². The third-order valence-corrected chi connectivity index (χ3v) is 4.20. The molecule has 0 spiro atoms. The van der Waals surface area contributed by atoms with Gasteiger partial charge < -0.3 is 15.5 Å². The van der Waals surface area contributed by atoms with Gasteiger partial charge >= 0.3 is 0 Å². The molecule has 0 aromatic heterocycles. The average molecular weight is 334 g/mol. The first-order valence-corrected chi connectivity index (χ1v) is 8.36. The van der Waals surface area contributed by atoms with Crippen molar-refractivity contribution in [2.24, 2.45) is 10.4 Å². The molecule has 0 saturated carbocycles. The smallest absolute Gasteiger partial charge is 0.224 e. The highest BCUT2D eigenvalue weighted by molar-refractivity contribution is 5.80. The fourth-order valence-corrected chi connectivity index (χ4v) is 2.85. The molecule has 1 aromatic rings. The fraction of sp³-hybridized carbons (Fsp3) is 0.556. The first kappa shape index (κ1) is 18.2. The van der Waals surface area contributed by atoms with Crippen LogP contribution in [-0.4, -0.2) is 50.0 Å². The Morgan fingerprint density at radius 3 is 2.50 bits per heavy atom. The van der Waals surface area contributed by atoms with Gasteiger partial charge in [0.2, 0.25) is 5.91 Å². The number of nitrogens with zero attached hydrogens (tertiary/aromatic N) is 2. The summed E-state index contributed by atoms with van der Waals surface area (Å²) in [7, 11) is 1.78. The van der Waals surface area contributed by atoms with Crippen LogP contribution in [0.15, 0.2) is 29.3 Å². The molecule has 1 amide bonds. The number of carbonyl (C=O) groups excluding carboxylic acids is 1. The van der Waals surface area contributed by atoms with Gasteiger partial charge in [0.1, 0.15) is 5.82 Å². The van der Waals surface area contributed by atoms with Crippen molar-refractivity contribution in [3.63, 3.8) is 0 Å². The zero-order chi connectivity index (χ0) is 17.6. The lowest BCUT2D eigenvalue weighted by molar-refractivity contribution is -0.120. The van der Waals surface area contributed by atoms with Crippen molar-refractivity contribution in [3.05, 3.63) is 35.6 Å². The van der Waals surface area contributed by atoms with Gasteiger partial charge in [0.15, 0.2) is 5.96 Å². The van der Waals surface area contributed by atoms with Crippen LogP contribution < -0.4 is 10.6 Å². The van der Waals surface area contributed by atoms with E-state index in [1.54, 1.807) is 19.2 Å². The van der Waals surface area contributed by atoms with Gasteiger partial charge in [-0.15, -0.1) is 0 Å². The maximum atomic E-state index is 12.8. The Morgan fingerprint density at radius 2 is 1.92 bits per heavy atom. The first-order valence-electron chi connectivity index (χ1n) is 8.36. The number of guanidine groups is 1. The average Bonchev–Trinajstić information content (AvgIpc) is 2.89. The van der Waals surface area contributed by atoms with E-state index in [2.05, 4.69) is 34.4 Å². The van der Waals surface area contributed by atoms with Crippen LogP contribution in [0.5, 0.6) is 0 Å². The van der Waals surface area contributed by atoms with E-state index in [1.165, 1.54) is 12.1 Å². The molecule has 5 nitrogen and oxygen atoms in total. The summed E-state index contributed by atoms with van der Waals surface area (Å²) in [5.41, 5.74) is 1.12. The normalized spacial score (nSPS) is 17.0. The van der Waals surface area contributed by atoms with Crippen LogP contribution in [0.3, 0.4) is 0 Å². The molecule has 0 bridgehead atoms. The summed E-state index contributed by atoms with van der Waals surface area (Å²) >= 11 is 0. The highest BCUT2D eigenvalue weighted by Gasteiger charge is 2.30. The van der Waals surface area contributed by atoms with Crippen LogP contribution >= 0.6 is 0 Å². The maximum absolute atomic E-state index is 12.8. The molecular weight excluding hydrogens is 307 g/mol. The number of nitrogens with one attached hydrogen (secondary N) is 2. The van der Waals surface area contributed by atoms with Crippen molar-refractivity contribution in [1.29, 1.82) is 0 Å². The van der Waals surface area contributed by atoms with E-state index in [0.717, 1.165) is 31.0 Å². The standard InChI is InChI=1S/C18H27FN4O/c1-18(2)8-11-23(13-18)17(20-3)22-10-9-21-16(24)12-14-4-6-15(19)7-5-14/h4-7H,8-13H2,1-3H3,(H,20,22)(H,21,24). The number of amides is 1. The second kappa shape index (κ2) is 8.13. The Bertz CT molecular complexity index is 583. The molecule has 0 unspecified atom stereocenters. The predicted molar refractivity (Wildman–Crippen MR) is 94.4 cm³/mol. The van der Waals surface area contributed by atoms with Gasteiger partial charge in [0, 0.05) is 33.2 Å². The third kappa shape index (κ3) is 5.51. The monoisotopic (exact) mass is 334 g/mol. The number of aliphatic imine (C=N–C) groups is 1. The number of rotatable bonds is 5. The van der Waals surface area contributed by atoms with E-state index in [1.807, 2.05) is 0 Å². The van der Waals surface area contributed by atoms with Crippen LogP contribution in [0.4, 0.5) is 4.39 Å². The number of halogens is 1. The van der Waals surface area contributed by atoms with Crippen LogP contribution in [0.1, 0.15) is 25.8 Å². The molecule has 0 aliphatic carbocycles. The quantitative estimate of drug-likeness (QED) is 0.490. The minimum atomic E-state index is -0.292. The Hall–Kier alpha value is -2.11. The van der Waals surface area contributed by atoms with E-state index in [-0.39, 0.29) is 18.1 Å². The summed E-state index contributed by atoms with van der Waals surface area (Å²) in [6.07, 6.45) is 1.41. The molecule has 1 aliphatic heterocycles. The lowest BCUT2D eigenvalue weighted by atomic mass is 9.93. The summed E-state index contributed by atoms with van der Waals surface area (Å²) in [5.74, 6) is 0.522. The Balaban J connectivity index is 1.68. The third-order valence-electron chi connectivity index (χ3n) is 4.20. The molecule has 2 N–H and O–H groups in total. The molecule has 0 atom stereocenters. The Morgan fingerprint density at radius 1 is 1.25 bits per heavy atom. The first-order chi connectivity index (χ1) is 11.4. The molecule has 1 fully saturated rings. The summed E-state index contributed by atoms with van der Waals surface area (Å²) in [5, 5.41) is 6.15. The number of likely N-dealkylation sites (tertiary alicyclic amines) is 1. The van der Waals surface area contributed by atoms with Crippen LogP contribution in [0.25, 0.3) is 0 Å². The molecule has 132 valence electrons. The summed E-state index contributed by atoms with van der Waals surface area (Å²) < 4.78 is 12.8. The molecule has 6 heteroatoms. The second-order valence-electron chi connectivity index (χ2n) is 6.96. The number of hydrogen-bond donors (Lipinski definition) is 2. The predicted octanol–water partition coefficient (Wildman–Crippen LogP) is 1.79. The van der Waals surface area contributed by atoms with Gasteiger partial charge in [-0.25, -0.2) is 4.39 Å². The number of carbonyl (C=O) groups is 1. The van der Waals surface area contributed by atoms with Crippen molar-refractivity contribution in [3.8, 4) is 0 Å². The Kier molecular flexibility index (Phi) is 6.17. The van der Waals surface area contributed by atoms with Crippen molar-refractivity contribution in [2.45, 2.75) is 26.7 Å². The van der Waals surface area contributed by atoms with Gasteiger partial charge in [-0.2, -0.15) is 0 Å². The number of hydrogen-bond acceptors (Lipinski definition) is 2. The van der Waals surface area contributed by atoms with Gasteiger partial charge in [-0.1, -0.05) is 26.0 Å². The van der Waals surface area contributed by atoms with Gasteiger partial charge in [-0.3, -0.25) is 9.79 Å². The molecule has 24 heavy (non-hydrogen) atoms. The largest absolute Gasteiger partial charge is 0.354 e. The summed E-state index contributed by atoms with van der Waals surface area (Å²) in [6, 6.07) is 5.99. The van der Waals surface area contributed by atoms with Gasteiger partial charge in [0.25, 0.3) is 0 Å². The topological polar surface area (TPSA) is 56.7 Å². The lowest BCUT2D eigenvalue weighted by Crippen LogP contribution is -2.43. The van der Waals surface area contributed by atoms with Gasteiger partial charge in [0.05, 0.1) is 6.42 Å². The van der Waals surface area contributed by atoms with Crippen LogP contribution in [0.2, 0.25) is 0 Å². The zero-order valence-electron chi connectivity index (χ0n) is 14.7. The lowest BCUT2D eigenvalue weighted by Gasteiger charge is -2.23. The van der Waals surface area contributed by atoms with Crippen molar-refractivity contribution < 1.29 is 9.18 Å². The maximum Gasteiger partial charge on any atom is 0.224 e. The Labute approximate surface area is 143 Å². The van der Waals surface area contributed by atoms with E-state index in [9.17, 15) is 9.18 Å². The van der Waals surface area contributed by atoms with E-state index >= 15 is 0 Å². The number of benzene rings is 1. The molecular formula is C18H27FN4O. The van der Waals surface area contributed by atoms with E-state index in [0.29, 0.717) is 18.5 Å². The molecule has 1 heterocycles. The zero-order valence-corrected chi connectivity index (χ0v) is 14.7. The van der Waals surface area contributed by atoms with Crippen LogP contribution in [-0.2, 0) is 11.2 Å². The summed E-state index contributed by atoms with van der Waals surface area (Å²) in [6.45, 7) is 7.66. The highest BCUT2D eigenvalue weighted by atomic mass is 19.1. The molecule has 1 saturated heterocycles. The molecule has 0 radical (unpaired) electrons. The molecule has 1 aromatic carbocycles. The van der Waals surface area contributed by atoms with Gasteiger partial charge in [-0.05, 0) is 29.5 Å². The second-order valence-corrected chi connectivity index (χ2v) is 6.96. The summed E-state index contributed by atoms with van der Waals surface area (Å²) in [4.78, 5) is 18.4. The van der Waals surface area contributed by atoms with E-state index < -0.39 is 0 Å². The molecule has 1 aliphatic rings.